The number of primary amides is 1. The largest absolute Gasteiger partial charge is 0.444 e. The number of nitrogens with one attached hydrogen (secondary N) is 1. The predicted molar refractivity (Wildman–Crippen MR) is 64.2 cm³/mol. The van der Waals surface area contributed by atoms with Crippen molar-refractivity contribution in [1.29, 1.82) is 0 Å². The quantitative estimate of drug-likeness (QED) is 0.714. The molecule has 0 spiro atoms. The lowest BCUT2D eigenvalue weighted by Crippen LogP contribution is -2.40. The molecule has 0 heterocycles. The molecule has 17 heavy (non-hydrogen) atoms. The van der Waals surface area contributed by atoms with Gasteiger partial charge in [-0.05, 0) is 34.1 Å². The number of carbonyl (C=O) groups excluding carboxylic acids is 2. The van der Waals surface area contributed by atoms with Gasteiger partial charge in [-0.25, -0.2) is 4.79 Å². The molecule has 2 amide bonds. The van der Waals surface area contributed by atoms with Crippen molar-refractivity contribution in [2.75, 3.05) is 0 Å². The lowest BCUT2D eigenvalue weighted by molar-refractivity contribution is -0.124. The Morgan fingerprint density at radius 2 is 2.06 bits per heavy atom. The number of hydrogen-bond donors (Lipinski definition) is 2. The van der Waals surface area contributed by atoms with Crippen molar-refractivity contribution in [2.45, 2.75) is 45.8 Å². The van der Waals surface area contributed by atoms with Gasteiger partial charge in [0.15, 0.2) is 0 Å². The van der Waals surface area contributed by atoms with Gasteiger partial charge in [0.05, 0.1) is 11.5 Å². The van der Waals surface area contributed by atoms with Crippen LogP contribution in [0, 0.1) is 5.41 Å². The zero-order chi connectivity index (χ0) is 13.3. The van der Waals surface area contributed by atoms with E-state index in [0.717, 1.165) is 0 Å². The maximum absolute atomic E-state index is 11.5. The average molecular weight is 240 g/mol. The molecule has 1 rings (SSSR count). The molecule has 0 saturated carbocycles. The lowest BCUT2D eigenvalue weighted by atomic mass is 9.89. The summed E-state index contributed by atoms with van der Waals surface area (Å²) in [5.74, 6) is -0.387. The second kappa shape index (κ2) is 4.39. The zero-order valence-electron chi connectivity index (χ0n) is 10.7. The molecule has 2 atom stereocenters. The summed E-state index contributed by atoms with van der Waals surface area (Å²) >= 11 is 0. The van der Waals surface area contributed by atoms with Crippen LogP contribution in [0.1, 0.15) is 34.1 Å². The smallest absolute Gasteiger partial charge is 0.408 e. The first kappa shape index (κ1) is 13.5. The third-order valence-corrected chi connectivity index (χ3v) is 2.61. The van der Waals surface area contributed by atoms with E-state index in [-0.39, 0.29) is 11.9 Å². The molecule has 0 bridgehead atoms. The van der Waals surface area contributed by atoms with Crippen molar-refractivity contribution in [3.63, 3.8) is 0 Å². The normalized spacial score (nSPS) is 27.9. The molecule has 5 heteroatoms. The van der Waals surface area contributed by atoms with Crippen LogP contribution in [0.5, 0.6) is 0 Å². The summed E-state index contributed by atoms with van der Waals surface area (Å²) in [7, 11) is 0. The van der Waals surface area contributed by atoms with Crippen molar-refractivity contribution < 1.29 is 14.3 Å². The predicted octanol–water partition coefficient (Wildman–Crippen LogP) is 1.33. The van der Waals surface area contributed by atoms with Gasteiger partial charge in [0.2, 0.25) is 5.91 Å². The topological polar surface area (TPSA) is 81.4 Å². The molecule has 96 valence electrons. The number of amides is 2. The summed E-state index contributed by atoms with van der Waals surface area (Å²) in [5.41, 5.74) is 4.08. The Bertz CT molecular complexity index is 357. The monoisotopic (exact) mass is 240 g/mol. The van der Waals surface area contributed by atoms with Crippen molar-refractivity contribution in [1.82, 2.24) is 5.32 Å². The molecule has 5 nitrogen and oxygen atoms in total. The Morgan fingerprint density at radius 1 is 1.47 bits per heavy atom. The van der Waals surface area contributed by atoms with Gasteiger partial charge < -0.3 is 15.8 Å². The van der Waals surface area contributed by atoms with E-state index in [9.17, 15) is 9.59 Å². The second-order valence-electron chi connectivity index (χ2n) is 5.60. The van der Waals surface area contributed by atoms with Crippen LogP contribution in [-0.2, 0) is 9.53 Å². The van der Waals surface area contributed by atoms with Crippen LogP contribution in [0.15, 0.2) is 12.2 Å². The SMILES string of the molecule is CC(C)(C)OC(=O)NC1C=C[C@](C)(C(N)=O)C1. The molecule has 0 saturated heterocycles. The molecule has 0 radical (unpaired) electrons. The zero-order valence-corrected chi connectivity index (χ0v) is 10.7. The van der Waals surface area contributed by atoms with Gasteiger partial charge in [-0.1, -0.05) is 12.2 Å². The molecular formula is C12H20N2O3. The van der Waals surface area contributed by atoms with Crippen molar-refractivity contribution in [3.8, 4) is 0 Å². The number of ether oxygens (including phenoxy) is 1. The van der Waals surface area contributed by atoms with Crippen molar-refractivity contribution >= 4 is 12.0 Å². The Kier molecular flexibility index (Phi) is 3.50. The van der Waals surface area contributed by atoms with Crippen LogP contribution >= 0.6 is 0 Å². The molecular weight excluding hydrogens is 220 g/mol. The van der Waals surface area contributed by atoms with Gasteiger partial charge in [-0.2, -0.15) is 0 Å². The Hall–Kier alpha value is -1.52. The van der Waals surface area contributed by atoms with E-state index in [2.05, 4.69) is 5.32 Å². The fraction of sp³-hybridized carbons (Fsp3) is 0.667. The summed E-state index contributed by atoms with van der Waals surface area (Å²) in [6.45, 7) is 7.14. The Labute approximate surface area is 101 Å². The van der Waals surface area contributed by atoms with Gasteiger partial charge in [-0.15, -0.1) is 0 Å². The highest BCUT2D eigenvalue weighted by Crippen LogP contribution is 2.31. The minimum Gasteiger partial charge on any atom is -0.444 e. The number of carbonyl (C=O) groups is 2. The van der Waals surface area contributed by atoms with E-state index in [1.165, 1.54) is 0 Å². The van der Waals surface area contributed by atoms with Gasteiger partial charge in [0.25, 0.3) is 0 Å². The lowest BCUT2D eigenvalue weighted by Gasteiger charge is -2.23. The summed E-state index contributed by atoms with van der Waals surface area (Å²) in [6.07, 6.45) is 3.49. The standard InChI is InChI=1S/C12H20N2O3/c1-11(2,3)17-10(16)14-8-5-6-12(4,7-8)9(13)15/h5-6,8H,7H2,1-4H3,(H2,13,15)(H,14,16)/t8?,12-/m0/s1. The molecule has 3 N–H and O–H groups in total. The molecule has 0 fully saturated rings. The summed E-state index contributed by atoms with van der Waals surface area (Å²) in [5, 5.41) is 2.69. The first-order valence-electron chi connectivity index (χ1n) is 5.61. The minimum absolute atomic E-state index is 0.206. The molecule has 0 aromatic heterocycles. The molecule has 0 aliphatic heterocycles. The van der Waals surface area contributed by atoms with Crippen LogP contribution in [0.4, 0.5) is 4.79 Å². The number of hydrogen-bond acceptors (Lipinski definition) is 3. The summed E-state index contributed by atoms with van der Waals surface area (Å²) in [6, 6.07) is -0.206. The van der Waals surface area contributed by atoms with Crippen LogP contribution in [0.25, 0.3) is 0 Å². The highest BCUT2D eigenvalue weighted by Gasteiger charge is 2.36. The Balaban J connectivity index is 2.50. The highest BCUT2D eigenvalue weighted by atomic mass is 16.6. The van der Waals surface area contributed by atoms with Crippen molar-refractivity contribution in [2.24, 2.45) is 11.1 Å². The summed E-state index contributed by atoms with van der Waals surface area (Å²) in [4.78, 5) is 22.7. The number of nitrogens with two attached hydrogens (primary N) is 1. The van der Waals surface area contributed by atoms with E-state index < -0.39 is 17.1 Å². The first-order valence-corrected chi connectivity index (χ1v) is 5.61. The van der Waals surface area contributed by atoms with E-state index in [0.29, 0.717) is 6.42 Å². The molecule has 1 aliphatic carbocycles. The van der Waals surface area contributed by atoms with E-state index in [1.807, 2.05) is 0 Å². The van der Waals surface area contributed by atoms with E-state index in [1.54, 1.807) is 39.8 Å². The van der Waals surface area contributed by atoms with Crippen molar-refractivity contribution in [3.05, 3.63) is 12.2 Å². The van der Waals surface area contributed by atoms with Crippen LogP contribution < -0.4 is 11.1 Å². The highest BCUT2D eigenvalue weighted by molar-refractivity contribution is 5.83. The number of rotatable bonds is 2. The maximum atomic E-state index is 11.5. The van der Waals surface area contributed by atoms with Gasteiger partial charge in [0, 0.05) is 0 Å². The van der Waals surface area contributed by atoms with E-state index >= 15 is 0 Å². The summed E-state index contributed by atoms with van der Waals surface area (Å²) < 4.78 is 5.13. The second-order valence-corrected chi connectivity index (χ2v) is 5.60. The fourth-order valence-corrected chi connectivity index (χ4v) is 1.66. The Morgan fingerprint density at radius 3 is 2.47 bits per heavy atom. The minimum atomic E-state index is -0.681. The molecule has 0 aromatic carbocycles. The van der Waals surface area contributed by atoms with Crippen LogP contribution in [0.2, 0.25) is 0 Å². The van der Waals surface area contributed by atoms with Crippen LogP contribution in [-0.4, -0.2) is 23.6 Å². The molecule has 1 unspecified atom stereocenters. The third kappa shape index (κ3) is 3.76. The van der Waals surface area contributed by atoms with E-state index in [4.69, 9.17) is 10.5 Å². The first-order chi connectivity index (χ1) is 7.62. The third-order valence-electron chi connectivity index (χ3n) is 2.61. The molecule has 1 aliphatic rings. The van der Waals surface area contributed by atoms with Gasteiger partial charge >= 0.3 is 6.09 Å². The molecule has 0 aromatic rings. The van der Waals surface area contributed by atoms with Crippen LogP contribution in [0.3, 0.4) is 0 Å². The average Bonchev–Trinajstić information content (AvgIpc) is 2.45. The maximum Gasteiger partial charge on any atom is 0.408 e. The number of alkyl carbamates (subject to hydrolysis) is 1. The van der Waals surface area contributed by atoms with Gasteiger partial charge in [0.1, 0.15) is 5.60 Å². The van der Waals surface area contributed by atoms with Gasteiger partial charge in [-0.3, -0.25) is 4.79 Å². The fourth-order valence-electron chi connectivity index (χ4n) is 1.66.